The fourth-order valence-corrected chi connectivity index (χ4v) is 3.15. The van der Waals surface area contributed by atoms with E-state index in [1.54, 1.807) is 36.1 Å². The maximum absolute atomic E-state index is 12.8. The van der Waals surface area contributed by atoms with Gasteiger partial charge in [-0.2, -0.15) is 0 Å². The van der Waals surface area contributed by atoms with E-state index in [0.717, 1.165) is 0 Å². The Hall–Kier alpha value is -3.09. The molecular weight excluding hydrogens is 358 g/mol. The van der Waals surface area contributed by atoms with Gasteiger partial charge in [-0.15, -0.1) is 0 Å². The van der Waals surface area contributed by atoms with Crippen molar-refractivity contribution >= 4 is 23.5 Å². The van der Waals surface area contributed by atoms with Gasteiger partial charge in [0.25, 0.3) is 11.8 Å². The molecule has 0 saturated carbocycles. The Labute approximate surface area is 165 Å². The van der Waals surface area contributed by atoms with Crippen LogP contribution in [0.3, 0.4) is 0 Å². The minimum atomic E-state index is -0.475. The third-order valence-electron chi connectivity index (χ3n) is 4.72. The van der Waals surface area contributed by atoms with Crippen LogP contribution in [0.25, 0.3) is 0 Å². The molecule has 2 N–H and O–H groups in total. The van der Waals surface area contributed by atoms with E-state index in [-0.39, 0.29) is 11.8 Å². The molecule has 0 radical (unpaired) electrons. The van der Waals surface area contributed by atoms with Crippen molar-refractivity contribution in [1.82, 2.24) is 9.88 Å². The average Bonchev–Trinajstić information content (AvgIpc) is 3.04. The first-order chi connectivity index (χ1) is 13.4. The first-order valence-corrected chi connectivity index (χ1v) is 9.38. The number of nitrogens with zero attached hydrogens (tertiary/aromatic N) is 1. The van der Waals surface area contributed by atoms with E-state index in [1.165, 1.54) is 7.11 Å². The molecule has 2 aromatic rings. The predicted octanol–water partition coefficient (Wildman–Crippen LogP) is 3.41. The minimum Gasteiger partial charge on any atom is -0.465 e. The molecule has 1 heterocycles. The molecule has 0 aliphatic rings. The molecule has 2 amide bonds. The van der Waals surface area contributed by atoms with Crippen molar-refractivity contribution < 1.29 is 19.1 Å². The third kappa shape index (κ3) is 4.24. The van der Waals surface area contributed by atoms with Crippen LogP contribution in [0.2, 0.25) is 0 Å². The van der Waals surface area contributed by atoms with E-state index >= 15 is 0 Å². The Morgan fingerprint density at radius 1 is 1.14 bits per heavy atom. The van der Waals surface area contributed by atoms with Gasteiger partial charge in [0.1, 0.15) is 5.69 Å². The zero-order valence-electron chi connectivity index (χ0n) is 17.0. The number of aromatic amines is 1. The van der Waals surface area contributed by atoms with Gasteiger partial charge < -0.3 is 19.9 Å². The summed E-state index contributed by atoms with van der Waals surface area (Å²) in [4.78, 5) is 42.1. The summed E-state index contributed by atoms with van der Waals surface area (Å²) >= 11 is 0. The van der Waals surface area contributed by atoms with Crippen molar-refractivity contribution in [2.75, 3.05) is 25.5 Å². The Balaban J connectivity index is 2.29. The summed E-state index contributed by atoms with van der Waals surface area (Å²) in [5.74, 6) is -0.940. The highest BCUT2D eigenvalue weighted by Gasteiger charge is 2.24. The number of carbonyl (C=O) groups excluding carboxylic acids is 3. The van der Waals surface area contributed by atoms with E-state index in [2.05, 4.69) is 10.3 Å². The van der Waals surface area contributed by atoms with Crippen LogP contribution < -0.4 is 5.32 Å². The first kappa shape index (κ1) is 21.2. The number of hydrogen-bond donors (Lipinski definition) is 2. The van der Waals surface area contributed by atoms with Crippen molar-refractivity contribution in [3.05, 3.63) is 52.3 Å². The lowest BCUT2D eigenvalue weighted by Crippen LogP contribution is -2.30. The lowest BCUT2D eigenvalue weighted by atomic mass is 10.1. The molecule has 7 nitrogen and oxygen atoms in total. The highest BCUT2D eigenvalue weighted by atomic mass is 16.5. The fraction of sp³-hybridized carbons (Fsp3) is 0.381. The van der Waals surface area contributed by atoms with Crippen molar-refractivity contribution in [2.24, 2.45) is 0 Å². The number of ether oxygens (including phenoxy) is 1. The average molecular weight is 385 g/mol. The number of methoxy groups -OCH3 is 1. The fourth-order valence-electron chi connectivity index (χ4n) is 3.15. The highest BCUT2D eigenvalue weighted by molar-refractivity contribution is 6.07. The molecule has 0 aliphatic carbocycles. The van der Waals surface area contributed by atoms with Gasteiger partial charge in [0.05, 0.1) is 12.7 Å². The Bertz CT molecular complexity index is 882. The molecule has 0 fully saturated rings. The molecule has 0 unspecified atom stereocenters. The third-order valence-corrected chi connectivity index (χ3v) is 4.72. The van der Waals surface area contributed by atoms with Gasteiger partial charge >= 0.3 is 5.97 Å². The maximum atomic E-state index is 12.8. The van der Waals surface area contributed by atoms with Gasteiger partial charge in [0.2, 0.25) is 0 Å². The van der Waals surface area contributed by atoms with Crippen molar-refractivity contribution in [3.8, 4) is 0 Å². The van der Waals surface area contributed by atoms with E-state index in [4.69, 9.17) is 4.74 Å². The second-order valence-corrected chi connectivity index (χ2v) is 6.34. The molecule has 1 aromatic heterocycles. The topological polar surface area (TPSA) is 91.5 Å². The molecule has 150 valence electrons. The van der Waals surface area contributed by atoms with Crippen LogP contribution in [0, 0.1) is 6.92 Å². The first-order valence-electron chi connectivity index (χ1n) is 9.38. The number of H-pyrrole nitrogens is 1. The zero-order valence-corrected chi connectivity index (χ0v) is 17.0. The van der Waals surface area contributed by atoms with Gasteiger partial charge in [0, 0.05) is 30.0 Å². The van der Waals surface area contributed by atoms with Gasteiger partial charge in [-0.3, -0.25) is 9.59 Å². The van der Waals surface area contributed by atoms with E-state index in [9.17, 15) is 14.4 Å². The van der Waals surface area contributed by atoms with Crippen LogP contribution in [0.15, 0.2) is 24.3 Å². The number of anilines is 1. The highest BCUT2D eigenvalue weighted by Crippen LogP contribution is 2.22. The molecular formula is C21H27N3O4. The lowest BCUT2D eigenvalue weighted by molar-refractivity contribution is 0.0598. The Morgan fingerprint density at radius 3 is 2.39 bits per heavy atom. The standard InChI is InChI=1S/C21H27N3O4/c1-6-16-17(21(27)28-5)13(4)18(23-16)19(25)22-15-11-9-10-14(12-15)20(26)24(7-2)8-3/h9-12,23H,6-8H2,1-5H3,(H,22,25). The molecule has 7 heteroatoms. The van der Waals surface area contributed by atoms with Gasteiger partial charge in [0.15, 0.2) is 0 Å². The van der Waals surface area contributed by atoms with Gasteiger partial charge in [-0.25, -0.2) is 4.79 Å². The quantitative estimate of drug-likeness (QED) is 0.715. The summed E-state index contributed by atoms with van der Waals surface area (Å²) in [6.45, 7) is 8.67. The molecule has 1 aromatic carbocycles. The molecule has 0 spiro atoms. The number of rotatable bonds is 7. The number of benzene rings is 1. The number of hydrogen-bond acceptors (Lipinski definition) is 4. The summed E-state index contributed by atoms with van der Waals surface area (Å²) in [6.07, 6.45) is 0.562. The number of esters is 1. The van der Waals surface area contributed by atoms with Crippen LogP contribution in [-0.4, -0.2) is 47.9 Å². The van der Waals surface area contributed by atoms with E-state index < -0.39 is 5.97 Å². The van der Waals surface area contributed by atoms with E-state index in [0.29, 0.717) is 53.3 Å². The van der Waals surface area contributed by atoms with Gasteiger partial charge in [-0.1, -0.05) is 13.0 Å². The minimum absolute atomic E-state index is 0.0848. The second kappa shape index (κ2) is 9.21. The van der Waals surface area contributed by atoms with Crippen molar-refractivity contribution in [2.45, 2.75) is 34.1 Å². The summed E-state index contributed by atoms with van der Waals surface area (Å²) in [5, 5.41) is 2.80. The summed E-state index contributed by atoms with van der Waals surface area (Å²) in [7, 11) is 1.31. The largest absolute Gasteiger partial charge is 0.465 e. The van der Waals surface area contributed by atoms with Crippen LogP contribution in [-0.2, 0) is 11.2 Å². The van der Waals surface area contributed by atoms with Crippen molar-refractivity contribution in [1.29, 1.82) is 0 Å². The molecule has 2 rings (SSSR count). The molecule has 0 bridgehead atoms. The van der Waals surface area contributed by atoms with Crippen LogP contribution in [0.1, 0.15) is 63.2 Å². The smallest absolute Gasteiger partial charge is 0.339 e. The second-order valence-electron chi connectivity index (χ2n) is 6.34. The van der Waals surface area contributed by atoms with Crippen molar-refractivity contribution in [3.63, 3.8) is 0 Å². The number of aromatic nitrogens is 1. The molecule has 0 aliphatic heterocycles. The summed E-state index contributed by atoms with van der Waals surface area (Å²) < 4.78 is 4.82. The number of carbonyl (C=O) groups is 3. The SMILES string of the molecule is CCc1[nH]c(C(=O)Nc2cccc(C(=O)N(CC)CC)c2)c(C)c1C(=O)OC. The molecule has 0 atom stereocenters. The Morgan fingerprint density at radius 2 is 1.82 bits per heavy atom. The van der Waals surface area contributed by atoms with Crippen LogP contribution in [0.5, 0.6) is 0 Å². The summed E-state index contributed by atoms with van der Waals surface area (Å²) in [6, 6.07) is 6.82. The molecule has 0 saturated heterocycles. The number of nitrogens with one attached hydrogen (secondary N) is 2. The maximum Gasteiger partial charge on any atom is 0.339 e. The predicted molar refractivity (Wildman–Crippen MR) is 108 cm³/mol. The number of amides is 2. The Kier molecular flexibility index (Phi) is 6.98. The summed E-state index contributed by atoms with van der Waals surface area (Å²) in [5.41, 5.74) is 2.90. The normalized spacial score (nSPS) is 10.5. The monoisotopic (exact) mass is 385 g/mol. The zero-order chi connectivity index (χ0) is 20.8. The number of aryl methyl sites for hydroxylation is 1. The molecule has 28 heavy (non-hydrogen) atoms. The van der Waals surface area contributed by atoms with E-state index in [1.807, 2.05) is 20.8 Å². The van der Waals surface area contributed by atoms with Crippen LogP contribution in [0.4, 0.5) is 5.69 Å². The van der Waals surface area contributed by atoms with Crippen LogP contribution >= 0.6 is 0 Å². The lowest BCUT2D eigenvalue weighted by Gasteiger charge is -2.19. The van der Waals surface area contributed by atoms with Gasteiger partial charge in [-0.05, 0) is 51.0 Å².